The third-order valence-electron chi connectivity index (χ3n) is 1.38. The molecular formula is C9H9ClO3. The van der Waals surface area contributed by atoms with E-state index in [1.54, 1.807) is 18.2 Å². The summed E-state index contributed by atoms with van der Waals surface area (Å²) in [4.78, 5) is 11.2. The van der Waals surface area contributed by atoms with E-state index < -0.39 is 5.97 Å². The van der Waals surface area contributed by atoms with Crippen molar-refractivity contribution in [1.29, 1.82) is 0 Å². The van der Waals surface area contributed by atoms with E-state index in [0.29, 0.717) is 10.6 Å². The summed E-state index contributed by atoms with van der Waals surface area (Å²) in [5.41, 5.74) is 0.390. The number of benzene rings is 1. The monoisotopic (exact) mass is 200 g/mol. The van der Waals surface area contributed by atoms with Crippen molar-refractivity contribution in [3.05, 3.63) is 34.9 Å². The van der Waals surface area contributed by atoms with Crippen LogP contribution < -0.4 is 0 Å². The van der Waals surface area contributed by atoms with E-state index in [4.69, 9.17) is 16.7 Å². The van der Waals surface area contributed by atoms with Gasteiger partial charge in [-0.15, -0.1) is 0 Å². The highest BCUT2D eigenvalue weighted by molar-refractivity contribution is 6.30. The molecule has 13 heavy (non-hydrogen) atoms. The number of hydrogen-bond donors (Lipinski definition) is 1. The molecular weight excluding hydrogens is 192 g/mol. The molecule has 0 aliphatic rings. The zero-order valence-corrected chi connectivity index (χ0v) is 7.62. The Labute approximate surface area is 80.9 Å². The van der Waals surface area contributed by atoms with Gasteiger partial charge in [0, 0.05) is 5.02 Å². The van der Waals surface area contributed by atoms with Crippen LogP contribution in [0.3, 0.4) is 0 Å². The summed E-state index contributed by atoms with van der Waals surface area (Å²) in [6, 6.07) is 6.45. The Morgan fingerprint density at radius 3 is 2.92 bits per heavy atom. The molecule has 0 saturated heterocycles. The second-order valence-corrected chi connectivity index (χ2v) is 2.81. The SMILES string of the molecule is O=C(OCCO)c1cccc(Cl)c1. The summed E-state index contributed by atoms with van der Waals surface area (Å²) >= 11 is 5.67. The lowest BCUT2D eigenvalue weighted by Crippen LogP contribution is -2.08. The van der Waals surface area contributed by atoms with Crippen LogP contribution in [-0.2, 0) is 4.74 Å². The minimum atomic E-state index is -0.475. The van der Waals surface area contributed by atoms with Crippen LogP contribution in [0.4, 0.5) is 0 Å². The fourth-order valence-corrected chi connectivity index (χ4v) is 1.03. The maximum atomic E-state index is 11.2. The van der Waals surface area contributed by atoms with Crippen LogP contribution in [0.2, 0.25) is 5.02 Å². The van der Waals surface area contributed by atoms with Gasteiger partial charge < -0.3 is 9.84 Å². The van der Waals surface area contributed by atoms with E-state index in [-0.39, 0.29) is 13.2 Å². The first-order valence-electron chi connectivity index (χ1n) is 3.77. The predicted molar refractivity (Wildman–Crippen MR) is 48.8 cm³/mol. The third-order valence-corrected chi connectivity index (χ3v) is 1.62. The number of ether oxygens (including phenoxy) is 1. The molecule has 1 rings (SSSR count). The average molecular weight is 201 g/mol. The van der Waals surface area contributed by atoms with Gasteiger partial charge in [-0.3, -0.25) is 0 Å². The minimum absolute atomic E-state index is 0.00530. The van der Waals surface area contributed by atoms with Crippen LogP contribution in [0.25, 0.3) is 0 Å². The van der Waals surface area contributed by atoms with Gasteiger partial charge in [-0.1, -0.05) is 17.7 Å². The van der Waals surface area contributed by atoms with Gasteiger partial charge in [0.1, 0.15) is 6.61 Å². The van der Waals surface area contributed by atoms with Crippen molar-refractivity contribution < 1.29 is 14.6 Å². The van der Waals surface area contributed by atoms with Crippen molar-refractivity contribution in [2.45, 2.75) is 0 Å². The lowest BCUT2D eigenvalue weighted by Gasteiger charge is -2.02. The molecule has 1 aromatic rings. The first-order chi connectivity index (χ1) is 6.24. The van der Waals surface area contributed by atoms with Crippen LogP contribution in [0.5, 0.6) is 0 Å². The summed E-state index contributed by atoms with van der Waals surface area (Å²) < 4.78 is 4.68. The van der Waals surface area contributed by atoms with E-state index in [2.05, 4.69) is 4.74 Å². The van der Waals surface area contributed by atoms with E-state index in [9.17, 15) is 4.79 Å². The number of esters is 1. The van der Waals surface area contributed by atoms with Crippen molar-refractivity contribution in [1.82, 2.24) is 0 Å². The van der Waals surface area contributed by atoms with Gasteiger partial charge in [0.15, 0.2) is 0 Å². The summed E-state index contributed by atoms with van der Waals surface area (Å²) in [6.07, 6.45) is 0. The third kappa shape index (κ3) is 3.05. The molecule has 0 amide bonds. The molecule has 1 N–H and O–H groups in total. The summed E-state index contributed by atoms with van der Waals surface area (Å²) in [7, 11) is 0. The smallest absolute Gasteiger partial charge is 0.338 e. The summed E-state index contributed by atoms with van der Waals surface area (Å²) in [5, 5.41) is 8.90. The van der Waals surface area contributed by atoms with Crippen LogP contribution in [0, 0.1) is 0 Å². The van der Waals surface area contributed by atoms with E-state index in [1.165, 1.54) is 6.07 Å². The van der Waals surface area contributed by atoms with Crippen LogP contribution in [-0.4, -0.2) is 24.3 Å². The highest BCUT2D eigenvalue weighted by atomic mass is 35.5. The Morgan fingerprint density at radius 1 is 1.54 bits per heavy atom. The molecule has 0 saturated carbocycles. The Hall–Kier alpha value is -1.06. The highest BCUT2D eigenvalue weighted by Crippen LogP contribution is 2.11. The normalized spacial score (nSPS) is 9.69. The van der Waals surface area contributed by atoms with Crippen molar-refractivity contribution in [2.75, 3.05) is 13.2 Å². The number of aliphatic hydroxyl groups is 1. The lowest BCUT2D eigenvalue weighted by molar-refractivity contribution is 0.0434. The maximum absolute atomic E-state index is 11.2. The fourth-order valence-electron chi connectivity index (χ4n) is 0.837. The van der Waals surface area contributed by atoms with Gasteiger partial charge in [-0.25, -0.2) is 4.79 Å². The number of halogens is 1. The van der Waals surface area contributed by atoms with Crippen molar-refractivity contribution in [3.8, 4) is 0 Å². The fraction of sp³-hybridized carbons (Fsp3) is 0.222. The maximum Gasteiger partial charge on any atom is 0.338 e. The molecule has 0 atom stereocenters. The average Bonchev–Trinajstić information content (AvgIpc) is 2.14. The van der Waals surface area contributed by atoms with Gasteiger partial charge >= 0.3 is 5.97 Å². The highest BCUT2D eigenvalue weighted by Gasteiger charge is 2.05. The molecule has 0 aliphatic carbocycles. The topological polar surface area (TPSA) is 46.5 Å². The molecule has 0 bridgehead atoms. The zero-order valence-electron chi connectivity index (χ0n) is 6.87. The minimum Gasteiger partial charge on any atom is -0.460 e. The van der Waals surface area contributed by atoms with E-state index in [0.717, 1.165) is 0 Å². The molecule has 4 heteroatoms. The molecule has 0 aromatic heterocycles. The molecule has 70 valence electrons. The van der Waals surface area contributed by atoms with Gasteiger partial charge in [0.05, 0.1) is 12.2 Å². The Balaban J connectivity index is 2.66. The van der Waals surface area contributed by atoms with Crippen LogP contribution in [0.1, 0.15) is 10.4 Å². The van der Waals surface area contributed by atoms with Gasteiger partial charge in [-0.2, -0.15) is 0 Å². The first-order valence-corrected chi connectivity index (χ1v) is 4.15. The van der Waals surface area contributed by atoms with E-state index >= 15 is 0 Å². The summed E-state index contributed by atoms with van der Waals surface area (Å²) in [5.74, 6) is -0.475. The molecule has 0 radical (unpaired) electrons. The second-order valence-electron chi connectivity index (χ2n) is 2.37. The molecule has 0 fully saturated rings. The van der Waals surface area contributed by atoms with E-state index in [1.807, 2.05) is 0 Å². The second kappa shape index (κ2) is 4.84. The quantitative estimate of drug-likeness (QED) is 0.752. The molecule has 0 heterocycles. The Kier molecular flexibility index (Phi) is 3.73. The standard InChI is InChI=1S/C9H9ClO3/c10-8-3-1-2-7(6-8)9(12)13-5-4-11/h1-3,6,11H,4-5H2. The van der Waals surface area contributed by atoms with Gasteiger partial charge in [0.25, 0.3) is 0 Å². The molecule has 0 unspecified atom stereocenters. The zero-order chi connectivity index (χ0) is 9.68. The lowest BCUT2D eigenvalue weighted by atomic mass is 10.2. The number of rotatable bonds is 3. The van der Waals surface area contributed by atoms with Crippen molar-refractivity contribution in [2.24, 2.45) is 0 Å². The molecule has 0 spiro atoms. The number of aliphatic hydroxyl groups excluding tert-OH is 1. The Bertz CT molecular complexity index is 299. The number of hydrogen-bond acceptors (Lipinski definition) is 3. The van der Waals surface area contributed by atoms with Gasteiger partial charge in [-0.05, 0) is 18.2 Å². The molecule has 1 aromatic carbocycles. The molecule has 3 nitrogen and oxygen atoms in total. The van der Waals surface area contributed by atoms with Gasteiger partial charge in [0.2, 0.25) is 0 Å². The molecule has 0 aliphatic heterocycles. The van der Waals surface area contributed by atoms with Crippen LogP contribution >= 0.6 is 11.6 Å². The number of carbonyl (C=O) groups is 1. The summed E-state index contributed by atoms with van der Waals surface area (Å²) in [6.45, 7) is -0.169. The predicted octanol–water partition coefficient (Wildman–Crippen LogP) is 1.49. The van der Waals surface area contributed by atoms with Crippen molar-refractivity contribution in [3.63, 3.8) is 0 Å². The van der Waals surface area contributed by atoms with Crippen LogP contribution in [0.15, 0.2) is 24.3 Å². The van der Waals surface area contributed by atoms with Crippen molar-refractivity contribution >= 4 is 17.6 Å². The largest absolute Gasteiger partial charge is 0.460 e. The first kappa shape index (κ1) is 10.0. The number of carbonyl (C=O) groups excluding carboxylic acids is 1. The Morgan fingerprint density at radius 2 is 2.31 bits per heavy atom.